The molecule has 2 nitrogen and oxygen atoms in total. The van der Waals surface area contributed by atoms with E-state index in [2.05, 4.69) is 27.0 Å². The van der Waals surface area contributed by atoms with Crippen molar-refractivity contribution >= 4 is 27.7 Å². The molecule has 0 saturated heterocycles. The third-order valence-electron chi connectivity index (χ3n) is 1.67. The van der Waals surface area contributed by atoms with Gasteiger partial charge >= 0.3 is 0 Å². The van der Waals surface area contributed by atoms with Crippen LogP contribution in [0.1, 0.15) is 12.0 Å². The van der Waals surface area contributed by atoms with E-state index < -0.39 is 0 Å². The summed E-state index contributed by atoms with van der Waals surface area (Å²) >= 11 is 5.32. The van der Waals surface area contributed by atoms with Crippen molar-refractivity contribution in [2.75, 3.05) is 19.5 Å². The average Bonchev–Trinajstić information content (AvgIpc) is 2.18. The summed E-state index contributed by atoms with van der Waals surface area (Å²) in [6, 6.07) is 2.11. The van der Waals surface area contributed by atoms with Gasteiger partial charge in [0.1, 0.15) is 0 Å². The van der Waals surface area contributed by atoms with Gasteiger partial charge in [0, 0.05) is 36.3 Å². The van der Waals surface area contributed by atoms with Crippen LogP contribution in [0.2, 0.25) is 0 Å². The maximum atomic E-state index is 4.98. The quantitative estimate of drug-likeness (QED) is 0.745. The zero-order valence-corrected chi connectivity index (χ0v) is 10.6. The summed E-state index contributed by atoms with van der Waals surface area (Å²) < 4.78 is 6.03. The Morgan fingerprint density at radius 1 is 1.50 bits per heavy atom. The zero-order valence-electron chi connectivity index (χ0n) is 8.20. The van der Waals surface area contributed by atoms with E-state index in [1.165, 1.54) is 5.56 Å². The summed E-state index contributed by atoms with van der Waals surface area (Å²) in [5, 5.41) is 0. The molecule has 0 radical (unpaired) electrons. The molecule has 0 aliphatic rings. The lowest BCUT2D eigenvalue weighted by Crippen LogP contribution is -1.91. The van der Waals surface area contributed by atoms with Gasteiger partial charge in [-0.15, -0.1) is 0 Å². The van der Waals surface area contributed by atoms with Crippen LogP contribution in [0.4, 0.5) is 0 Å². The number of methoxy groups -OCH3 is 1. The van der Waals surface area contributed by atoms with Crippen LogP contribution in [0, 0.1) is 0 Å². The molecule has 0 spiro atoms. The van der Waals surface area contributed by atoms with E-state index in [4.69, 9.17) is 4.74 Å². The maximum Gasteiger partial charge on any atom is 0.0470 e. The van der Waals surface area contributed by atoms with E-state index >= 15 is 0 Å². The second-order valence-electron chi connectivity index (χ2n) is 2.91. The van der Waals surface area contributed by atoms with E-state index in [-0.39, 0.29) is 0 Å². The van der Waals surface area contributed by atoms with E-state index in [1.54, 1.807) is 13.3 Å². The second kappa shape index (κ2) is 7.26. The predicted molar refractivity (Wildman–Crippen MR) is 64.6 cm³/mol. The van der Waals surface area contributed by atoms with Crippen molar-refractivity contribution in [1.82, 2.24) is 4.98 Å². The highest BCUT2D eigenvalue weighted by Crippen LogP contribution is 2.15. The van der Waals surface area contributed by atoms with Crippen LogP contribution in [0.5, 0.6) is 0 Å². The van der Waals surface area contributed by atoms with Crippen LogP contribution >= 0.6 is 27.7 Å². The summed E-state index contributed by atoms with van der Waals surface area (Å²) in [6.07, 6.45) is 4.83. The van der Waals surface area contributed by atoms with E-state index in [0.29, 0.717) is 0 Å². The lowest BCUT2D eigenvalue weighted by Gasteiger charge is -2.01. The maximum absolute atomic E-state index is 4.98. The number of halogens is 1. The molecule has 14 heavy (non-hydrogen) atoms. The largest absolute Gasteiger partial charge is 0.385 e. The number of hydrogen-bond donors (Lipinski definition) is 0. The Labute approximate surface area is 97.6 Å². The molecule has 0 N–H and O–H groups in total. The van der Waals surface area contributed by atoms with Crippen molar-refractivity contribution < 1.29 is 4.74 Å². The van der Waals surface area contributed by atoms with Crippen LogP contribution in [0.15, 0.2) is 22.9 Å². The minimum absolute atomic E-state index is 0.851. The number of aromatic nitrogens is 1. The van der Waals surface area contributed by atoms with Crippen molar-refractivity contribution in [3.63, 3.8) is 0 Å². The summed E-state index contributed by atoms with van der Waals surface area (Å²) in [6.45, 7) is 0.851. The highest BCUT2D eigenvalue weighted by molar-refractivity contribution is 9.10. The Hall–Kier alpha value is -0.0600. The minimum atomic E-state index is 0.851. The van der Waals surface area contributed by atoms with Gasteiger partial charge in [0.15, 0.2) is 0 Å². The molecule has 0 aliphatic carbocycles. The molecule has 0 aromatic carbocycles. The predicted octanol–water partition coefficient (Wildman–Crippen LogP) is 3.11. The zero-order chi connectivity index (χ0) is 10.2. The van der Waals surface area contributed by atoms with Gasteiger partial charge in [0.2, 0.25) is 0 Å². The fourth-order valence-electron chi connectivity index (χ4n) is 1.03. The molecule has 0 fully saturated rings. The molecule has 0 unspecified atom stereocenters. The van der Waals surface area contributed by atoms with Crippen LogP contribution < -0.4 is 0 Å². The molecule has 4 heteroatoms. The van der Waals surface area contributed by atoms with Crippen molar-refractivity contribution in [1.29, 1.82) is 0 Å². The van der Waals surface area contributed by atoms with Crippen LogP contribution in [-0.2, 0) is 10.5 Å². The molecule has 0 saturated carbocycles. The number of rotatable bonds is 6. The molecule has 78 valence electrons. The van der Waals surface area contributed by atoms with Gasteiger partial charge in [0.05, 0.1) is 0 Å². The minimum Gasteiger partial charge on any atom is -0.385 e. The Kier molecular flexibility index (Phi) is 6.23. The lowest BCUT2D eigenvalue weighted by molar-refractivity contribution is 0.200. The Morgan fingerprint density at radius 2 is 2.36 bits per heavy atom. The monoisotopic (exact) mass is 275 g/mol. The lowest BCUT2D eigenvalue weighted by atomic mass is 10.3. The number of ether oxygens (including phenoxy) is 1. The summed E-state index contributed by atoms with van der Waals surface area (Å²) in [7, 11) is 1.74. The second-order valence-corrected chi connectivity index (χ2v) is 4.93. The number of nitrogens with zero attached hydrogens (tertiary/aromatic N) is 1. The number of thioether (sulfide) groups is 1. The Bertz CT molecular complexity index is 270. The summed E-state index contributed by atoms with van der Waals surface area (Å²) in [5.41, 5.74) is 1.27. The topological polar surface area (TPSA) is 22.1 Å². The Balaban J connectivity index is 2.18. The molecule has 1 aromatic rings. The first-order valence-corrected chi connectivity index (χ1v) is 6.44. The van der Waals surface area contributed by atoms with Gasteiger partial charge < -0.3 is 4.74 Å². The number of pyridine rings is 1. The highest BCUT2D eigenvalue weighted by atomic mass is 79.9. The number of hydrogen-bond acceptors (Lipinski definition) is 3. The first kappa shape index (κ1) is 12.0. The third kappa shape index (κ3) is 4.98. The Morgan fingerprint density at radius 3 is 3.07 bits per heavy atom. The van der Waals surface area contributed by atoms with Crippen molar-refractivity contribution in [2.24, 2.45) is 0 Å². The molecular formula is C10H14BrNOS. The third-order valence-corrected chi connectivity index (χ3v) is 3.22. The fraction of sp³-hybridized carbons (Fsp3) is 0.500. The summed E-state index contributed by atoms with van der Waals surface area (Å²) in [5.74, 6) is 2.16. The van der Waals surface area contributed by atoms with Gasteiger partial charge in [-0.2, -0.15) is 11.8 Å². The van der Waals surface area contributed by atoms with Crippen molar-refractivity contribution in [2.45, 2.75) is 12.2 Å². The highest BCUT2D eigenvalue weighted by Gasteiger charge is 1.95. The standard InChI is InChI=1S/C10H14BrNOS/c1-13-3-2-4-14-8-9-5-10(11)7-12-6-9/h5-7H,2-4,8H2,1H3. The fourth-order valence-corrected chi connectivity index (χ4v) is 2.30. The van der Waals surface area contributed by atoms with Gasteiger partial charge in [-0.1, -0.05) is 0 Å². The molecule has 1 aromatic heterocycles. The van der Waals surface area contributed by atoms with Crippen molar-refractivity contribution in [3.05, 3.63) is 28.5 Å². The molecule has 1 heterocycles. The van der Waals surface area contributed by atoms with Crippen LogP contribution in [-0.4, -0.2) is 24.5 Å². The van der Waals surface area contributed by atoms with E-state index in [1.807, 2.05) is 18.0 Å². The van der Waals surface area contributed by atoms with E-state index in [9.17, 15) is 0 Å². The first-order valence-electron chi connectivity index (χ1n) is 4.49. The van der Waals surface area contributed by atoms with Gasteiger partial charge in [-0.05, 0) is 39.7 Å². The molecular weight excluding hydrogens is 262 g/mol. The molecule has 0 bridgehead atoms. The van der Waals surface area contributed by atoms with Crippen LogP contribution in [0.3, 0.4) is 0 Å². The normalized spacial score (nSPS) is 10.4. The molecule has 1 rings (SSSR count). The van der Waals surface area contributed by atoms with Crippen molar-refractivity contribution in [3.8, 4) is 0 Å². The van der Waals surface area contributed by atoms with Gasteiger partial charge in [-0.3, -0.25) is 4.98 Å². The van der Waals surface area contributed by atoms with Gasteiger partial charge in [-0.25, -0.2) is 0 Å². The first-order chi connectivity index (χ1) is 6.83. The molecule has 0 atom stereocenters. The smallest absolute Gasteiger partial charge is 0.0470 e. The molecule has 0 aliphatic heterocycles. The average molecular weight is 276 g/mol. The summed E-state index contributed by atoms with van der Waals surface area (Å²) in [4.78, 5) is 4.11. The van der Waals surface area contributed by atoms with Crippen LogP contribution in [0.25, 0.3) is 0 Å². The van der Waals surface area contributed by atoms with E-state index in [0.717, 1.165) is 29.0 Å². The molecule has 0 amide bonds. The SMILES string of the molecule is COCCCSCc1cncc(Br)c1. The van der Waals surface area contributed by atoms with Gasteiger partial charge in [0.25, 0.3) is 0 Å².